The molecular formula is C14H21N5S. The van der Waals surface area contributed by atoms with Gasteiger partial charge in [0, 0.05) is 15.3 Å². The number of hydrazine groups is 1. The van der Waals surface area contributed by atoms with Crippen molar-refractivity contribution >= 4 is 23.0 Å². The second kappa shape index (κ2) is 6.67. The van der Waals surface area contributed by atoms with Crippen LogP contribution in [0.4, 0.5) is 11.6 Å². The summed E-state index contributed by atoms with van der Waals surface area (Å²) in [5, 5.41) is 3.46. The molecule has 0 fully saturated rings. The number of hydrogen-bond donors (Lipinski definition) is 3. The van der Waals surface area contributed by atoms with Crippen LogP contribution in [0.3, 0.4) is 0 Å². The molecule has 0 aliphatic rings. The molecule has 2 aromatic rings. The molecule has 20 heavy (non-hydrogen) atoms. The molecule has 0 spiro atoms. The van der Waals surface area contributed by atoms with E-state index in [1.54, 1.807) is 11.3 Å². The molecule has 1 atom stereocenters. The molecular weight excluding hydrogens is 270 g/mol. The molecule has 0 aromatic carbocycles. The molecule has 0 saturated heterocycles. The number of aromatic nitrogens is 2. The number of nitrogens with two attached hydrogens (primary N) is 1. The molecule has 0 bridgehead atoms. The third-order valence-corrected chi connectivity index (χ3v) is 4.31. The van der Waals surface area contributed by atoms with Crippen LogP contribution < -0.4 is 16.6 Å². The molecule has 0 radical (unpaired) electrons. The Morgan fingerprint density at radius 1 is 1.30 bits per heavy atom. The first-order valence-corrected chi connectivity index (χ1v) is 7.60. The Morgan fingerprint density at radius 2 is 2.05 bits per heavy atom. The lowest BCUT2D eigenvalue weighted by atomic mass is 10.1. The van der Waals surface area contributed by atoms with Crippen molar-refractivity contribution in [1.29, 1.82) is 0 Å². The van der Waals surface area contributed by atoms with E-state index in [4.69, 9.17) is 5.84 Å². The van der Waals surface area contributed by atoms with E-state index in [1.165, 1.54) is 16.1 Å². The van der Waals surface area contributed by atoms with Gasteiger partial charge in [-0.1, -0.05) is 13.3 Å². The van der Waals surface area contributed by atoms with Crippen molar-refractivity contribution in [2.75, 3.05) is 10.7 Å². The standard InChI is InChI=1S/C14H21N5S/c1-4-5-11-13(16-8-17-14(11)19-15)18-10(3)12-7-6-9(2)20-12/h6-8,10H,4-5,15H2,1-3H3,(H2,16,17,18,19). The van der Waals surface area contributed by atoms with Crippen LogP contribution in [0.15, 0.2) is 18.5 Å². The van der Waals surface area contributed by atoms with E-state index in [0.717, 1.165) is 24.2 Å². The summed E-state index contributed by atoms with van der Waals surface area (Å²) >= 11 is 1.80. The van der Waals surface area contributed by atoms with Gasteiger partial charge in [0.25, 0.3) is 0 Å². The maximum absolute atomic E-state index is 5.53. The molecule has 0 amide bonds. The van der Waals surface area contributed by atoms with Crippen molar-refractivity contribution in [1.82, 2.24) is 9.97 Å². The highest BCUT2D eigenvalue weighted by Gasteiger charge is 2.14. The van der Waals surface area contributed by atoms with Crippen LogP contribution in [0.5, 0.6) is 0 Å². The zero-order valence-corrected chi connectivity index (χ0v) is 12.9. The monoisotopic (exact) mass is 291 g/mol. The Labute approximate surface area is 123 Å². The molecule has 0 aliphatic carbocycles. The first-order valence-electron chi connectivity index (χ1n) is 6.79. The highest BCUT2D eigenvalue weighted by molar-refractivity contribution is 7.12. The number of nitrogen functional groups attached to an aromatic ring is 1. The molecule has 108 valence electrons. The second-order valence-corrected chi connectivity index (χ2v) is 6.08. The predicted molar refractivity (Wildman–Crippen MR) is 84.9 cm³/mol. The van der Waals surface area contributed by atoms with Crippen molar-refractivity contribution in [2.24, 2.45) is 5.84 Å². The zero-order chi connectivity index (χ0) is 14.5. The lowest BCUT2D eigenvalue weighted by molar-refractivity contribution is 0.858. The lowest BCUT2D eigenvalue weighted by Gasteiger charge is -2.17. The van der Waals surface area contributed by atoms with Crippen LogP contribution in [0.25, 0.3) is 0 Å². The normalized spacial score (nSPS) is 12.2. The number of thiophene rings is 1. The third kappa shape index (κ3) is 3.26. The van der Waals surface area contributed by atoms with Gasteiger partial charge in [-0.25, -0.2) is 15.8 Å². The summed E-state index contributed by atoms with van der Waals surface area (Å²) in [7, 11) is 0. The fraction of sp³-hybridized carbons (Fsp3) is 0.429. The van der Waals surface area contributed by atoms with Gasteiger partial charge in [-0.05, 0) is 32.4 Å². The van der Waals surface area contributed by atoms with Crippen LogP contribution >= 0.6 is 11.3 Å². The Balaban J connectivity index is 2.24. The van der Waals surface area contributed by atoms with Gasteiger partial charge >= 0.3 is 0 Å². The Morgan fingerprint density at radius 3 is 2.65 bits per heavy atom. The van der Waals surface area contributed by atoms with Crippen LogP contribution in [0, 0.1) is 6.92 Å². The largest absolute Gasteiger partial charge is 0.362 e. The van der Waals surface area contributed by atoms with Gasteiger partial charge in [0.1, 0.15) is 18.0 Å². The minimum atomic E-state index is 0.213. The molecule has 2 aromatic heterocycles. The average Bonchev–Trinajstić information content (AvgIpc) is 2.87. The number of aryl methyl sites for hydroxylation is 1. The zero-order valence-electron chi connectivity index (χ0n) is 12.1. The van der Waals surface area contributed by atoms with Gasteiger partial charge in [0.2, 0.25) is 0 Å². The summed E-state index contributed by atoms with van der Waals surface area (Å²) < 4.78 is 0. The second-order valence-electron chi connectivity index (χ2n) is 4.76. The molecule has 5 nitrogen and oxygen atoms in total. The van der Waals surface area contributed by atoms with Crippen molar-refractivity contribution in [3.8, 4) is 0 Å². The first kappa shape index (κ1) is 14.7. The summed E-state index contributed by atoms with van der Waals surface area (Å²) in [6, 6.07) is 4.50. The highest BCUT2D eigenvalue weighted by Crippen LogP contribution is 2.28. The van der Waals surface area contributed by atoms with Crippen LogP contribution in [0.2, 0.25) is 0 Å². The average molecular weight is 291 g/mol. The maximum Gasteiger partial charge on any atom is 0.148 e. The van der Waals surface area contributed by atoms with Gasteiger partial charge in [-0.2, -0.15) is 0 Å². The molecule has 6 heteroatoms. The van der Waals surface area contributed by atoms with Gasteiger partial charge in [-0.15, -0.1) is 11.3 Å². The highest BCUT2D eigenvalue weighted by atomic mass is 32.1. The van der Waals surface area contributed by atoms with Gasteiger partial charge in [0.15, 0.2) is 0 Å². The van der Waals surface area contributed by atoms with E-state index in [2.05, 4.69) is 53.6 Å². The van der Waals surface area contributed by atoms with Crippen LogP contribution in [-0.4, -0.2) is 9.97 Å². The van der Waals surface area contributed by atoms with Crippen molar-refractivity contribution < 1.29 is 0 Å². The van der Waals surface area contributed by atoms with Crippen LogP contribution in [0.1, 0.15) is 41.6 Å². The number of rotatable bonds is 6. The number of anilines is 2. The van der Waals surface area contributed by atoms with Crippen molar-refractivity contribution in [2.45, 2.75) is 39.7 Å². The van der Waals surface area contributed by atoms with Crippen molar-refractivity contribution in [3.63, 3.8) is 0 Å². The Hall–Kier alpha value is -1.66. The summed E-state index contributed by atoms with van der Waals surface area (Å²) in [6.45, 7) is 6.38. The minimum absolute atomic E-state index is 0.213. The molecule has 0 aliphatic heterocycles. The third-order valence-electron chi connectivity index (χ3n) is 3.12. The van der Waals surface area contributed by atoms with Gasteiger partial charge in [-0.3, -0.25) is 0 Å². The van der Waals surface area contributed by atoms with E-state index >= 15 is 0 Å². The molecule has 0 saturated carbocycles. The minimum Gasteiger partial charge on any atom is -0.362 e. The first-order chi connectivity index (χ1) is 9.65. The summed E-state index contributed by atoms with van der Waals surface area (Å²) in [5.74, 6) is 7.08. The molecule has 1 unspecified atom stereocenters. The van der Waals surface area contributed by atoms with Crippen molar-refractivity contribution in [3.05, 3.63) is 33.8 Å². The van der Waals surface area contributed by atoms with Gasteiger partial charge in [0.05, 0.1) is 6.04 Å². The van der Waals surface area contributed by atoms with E-state index in [1.807, 2.05) is 0 Å². The molecule has 4 N–H and O–H groups in total. The number of nitrogens with one attached hydrogen (secondary N) is 2. The van der Waals surface area contributed by atoms with E-state index in [-0.39, 0.29) is 6.04 Å². The summed E-state index contributed by atoms with van der Waals surface area (Å²) in [5.41, 5.74) is 3.69. The topological polar surface area (TPSA) is 75.9 Å². The van der Waals surface area contributed by atoms with E-state index in [0.29, 0.717) is 5.82 Å². The van der Waals surface area contributed by atoms with Gasteiger partial charge < -0.3 is 10.7 Å². The van der Waals surface area contributed by atoms with Crippen LogP contribution in [-0.2, 0) is 6.42 Å². The van der Waals surface area contributed by atoms with E-state index in [9.17, 15) is 0 Å². The smallest absolute Gasteiger partial charge is 0.148 e. The summed E-state index contributed by atoms with van der Waals surface area (Å²) in [4.78, 5) is 11.2. The van der Waals surface area contributed by atoms with E-state index < -0.39 is 0 Å². The fourth-order valence-corrected chi connectivity index (χ4v) is 2.99. The number of hydrogen-bond acceptors (Lipinski definition) is 6. The molecule has 2 rings (SSSR count). The lowest BCUT2D eigenvalue weighted by Crippen LogP contribution is -2.15. The Bertz CT molecular complexity index is 566. The number of nitrogens with zero attached hydrogens (tertiary/aromatic N) is 2. The SMILES string of the molecule is CCCc1c(NN)ncnc1NC(C)c1ccc(C)s1. The quantitative estimate of drug-likeness (QED) is 0.562. The predicted octanol–water partition coefficient (Wildman–Crippen LogP) is 3.26. The summed E-state index contributed by atoms with van der Waals surface area (Å²) in [6.07, 6.45) is 3.44. The molecule has 2 heterocycles. The fourth-order valence-electron chi connectivity index (χ4n) is 2.11. The maximum atomic E-state index is 5.53. The Kier molecular flexibility index (Phi) is 4.92.